The molecule has 0 unspecified atom stereocenters. The SMILES string of the molecule is CC(C)n1nc(C(=O)Nc2ncc(Cc3ccc(C#N)cc3)s2)c2ccccc2c1=O. The Hall–Kier alpha value is -3.83. The highest BCUT2D eigenvalue weighted by molar-refractivity contribution is 7.15. The maximum atomic E-state index is 13.0. The number of anilines is 1. The van der Waals surface area contributed by atoms with Gasteiger partial charge >= 0.3 is 0 Å². The number of carbonyl (C=O) groups excluding carboxylic acids is 1. The van der Waals surface area contributed by atoms with Gasteiger partial charge in [0.1, 0.15) is 0 Å². The number of thiazole rings is 1. The van der Waals surface area contributed by atoms with Crippen molar-refractivity contribution in [2.45, 2.75) is 26.3 Å². The maximum Gasteiger partial charge on any atom is 0.278 e. The second kappa shape index (κ2) is 8.50. The van der Waals surface area contributed by atoms with E-state index in [9.17, 15) is 9.59 Å². The zero-order valence-electron chi connectivity index (χ0n) is 17.0. The molecule has 0 radical (unpaired) electrons. The van der Waals surface area contributed by atoms with E-state index in [0.717, 1.165) is 10.4 Å². The van der Waals surface area contributed by atoms with Gasteiger partial charge in [-0.3, -0.25) is 14.9 Å². The first kappa shape index (κ1) is 20.4. The molecule has 1 N–H and O–H groups in total. The molecule has 31 heavy (non-hydrogen) atoms. The van der Waals surface area contributed by atoms with E-state index in [2.05, 4.69) is 21.5 Å². The van der Waals surface area contributed by atoms with Crippen LogP contribution >= 0.6 is 11.3 Å². The van der Waals surface area contributed by atoms with Crippen molar-refractivity contribution in [2.24, 2.45) is 0 Å². The number of hydrogen-bond donors (Lipinski definition) is 1. The third kappa shape index (κ3) is 4.22. The van der Waals surface area contributed by atoms with Crippen molar-refractivity contribution in [1.82, 2.24) is 14.8 Å². The van der Waals surface area contributed by atoms with Gasteiger partial charge in [0.2, 0.25) is 0 Å². The summed E-state index contributed by atoms with van der Waals surface area (Å²) in [5, 5.41) is 17.5. The number of nitrogens with zero attached hydrogens (tertiary/aromatic N) is 4. The Kier molecular flexibility index (Phi) is 5.60. The van der Waals surface area contributed by atoms with Gasteiger partial charge in [-0.25, -0.2) is 9.67 Å². The fraction of sp³-hybridized carbons (Fsp3) is 0.174. The van der Waals surface area contributed by atoms with Gasteiger partial charge in [-0.15, -0.1) is 11.3 Å². The summed E-state index contributed by atoms with van der Waals surface area (Å²) in [5.74, 6) is -0.412. The number of carbonyl (C=O) groups is 1. The zero-order valence-corrected chi connectivity index (χ0v) is 17.8. The highest BCUT2D eigenvalue weighted by Gasteiger charge is 2.19. The van der Waals surface area contributed by atoms with Crippen LogP contribution in [-0.4, -0.2) is 20.7 Å². The van der Waals surface area contributed by atoms with E-state index in [1.165, 1.54) is 16.0 Å². The molecule has 2 heterocycles. The highest BCUT2D eigenvalue weighted by atomic mass is 32.1. The van der Waals surface area contributed by atoms with Crippen LogP contribution in [0.5, 0.6) is 0 Å². The number of amides is 1. The van der Waals surface area contributed by atoms with Crippen LogP contribution in [0.4, 0.5) is 5.13 Å². The molecule has 4 rings (SSSR count). The number of benzene rings is 2. The molecule has 7 nitrogen and oxygen atoms in total. The Morgan fingerprint density at radius 2 is 1.87 bits per heavy atom. The minimum Gasteiger partial charge on any atom is -0.296 e. The third-order valence-corrected chi connectivity index (χ3v) is 5.68. The molecule has 154 valence electrons. The summed E-state index contributed by atoms with van der Waals surface area (Å²) in [6.07, 6.45) is 2.37. The molecule has 0 aliphatic carbocycles. The first-order valence-corrected chi connectivity index (χ1v) is 10.5. The van der Waals surface area contributed by atoms with Gasteiger partial charge in [0.05, 0.1) is 23.1 Å². The van der Waals surface area contributed by atoms with E-state index in [1.807, 2.05) is 26.0 Å². The molecule has 0 fully saturated rings. The number of nitriles is 1. The molecule has 4 aromatic rings. The van der Waals surface area contributed by atoms with Crippen molar-refractivity contribution >= 4 is 33.1 Å². The van der Waals surface area contributed by atoms with Crippen LogP contribution in [0.1, 0.15) is 46.4 Å². The van der Waals surface area contributed by atoms with Crippen LogP contribution in [-0.2, 0) is 6.42 Å². The van der Waals surface area contributed by atoms with Gasteiger partial charge in [0.15, 0.2) is 10.8 Å². The molecular formula is C23H19N5O2S. The summed E-state index contributed by atoms with van der Waals surface area (Å²) >= 11 is 1.38. The normalized spacial score (nSPS) is 10.9. The minimum atomic E-state index is -0.412. The fourth-order valence-electron chi connectivity index (χ4n) is 3.23. The largest absolute Gasteiger partial charge is 0.296 e. The lowest BCUT2D eigenvalue weighted by atomic mass is 10.1. The van der Waals surface area contributed by atoms with E-state index < -0.39 is 5.91 Å². The van der Waals surface area contributed by atoms with Gasteiger partial charge in [-0.1, -0.05) is 30.3 Å². The monoisotopic (exact) mass is 429 g/mol. The maximum absolute atomic E-state index is 13.0. The minimum absolute atomic E-state index is 0.178. The second-order valence-electron chi connectivity index (χ2n) is 7.31. The molecule has 8 heteroatoms. The summed E-state index contributed by atoms with van der Waals surface area (Å²) in [5.41, 5.74) is 1.63. The summed E-state index contributed by atoms with van der Waals surface area (Å²) < 4.78 is 1.33. The summed E-state index contributed by atoms with van der Waals surface area (Å²) in [6.45, 7) is 3.70. The third-order valence-electron chi connectivity index (χ3n) is 4.77. The Morgan fingerprint density at radius 1 is 1.16 bits per heavy atom. The first-order chi connectivity index (χ1) is 15.0. The summed E-state index contributed by atoms with van der Waals surface area (Å²) in [4.78, 5) is 30.9. The first-order valence-electron chi connectivity index (χ1n) is 9.73. The molecular weight excluding hydrogens is 410 g/mol. The average molecular weight is 430 g/mol. The van der Waals surface area contributed by atoms with Crippen molar-refractivity contribution in [1.29, 1.82) is 5.26 Å². The van der Waals surface area contributed by atoms with Crippen molar-refractivity contribution in [3.8, 4) is 6.07 Å². The molecule has 0 aliphatic heterocycles. The fourth-order valence-corrected chi connectivity index (χ4v) is 4.07. The predicted molar refractivity (Wildman–Crippen MR) is 120 cm³/mol. The Labute approximate surface area is 182 Å². The van der Waals surface area contributed by atoms with Crippen LogP contribution in [0, 0.1) is 11.3 Å². The van der Waals surface area contributed by atoms with Crippen LogP contribution < -0.4 is 10.9 Å². The molecule has 1 amide bonds. The van der Waals surface area contributed by atoms with E-state index >= 15 is 0 Å². The Morgan fingerprint density at radius 3 is 2.55 bits per heavy atom. The molecule has 0 saturated carbocycles. The molecule has 0 atom stereocenters. The zero-order chi connectivity index (χ0) is 22.0. The van der Waals surface area contributed by atoms with Gasteiger partial charge in [0, 0.05) is 22.9 Å². The molecule has 0 bridgehead atoms. The second-order valence-corrected chi connectivity index (χ2v) is 8.42. The summed E-state index contributed by atoms with van der Waals surface area (Å²) in [7, 11) is 0. The van der Waals surface area contributed by atoms with Crippen molar-refractivity contribution in [3.05, 3.63) is 86.8 Å². The molecule has 0 saturated heterocycles. The van der Waals surface area contributed by atoms with Gasteiger partial charge < -0.3 is 0 Å². The number of fused-ring (bicyclic) bond motifs is 1. The van der Waals surface area contributed by atoms with Gasteiger partial charge in [-0.2, -0.15) is 10.4 Å². The van der Waals surface area contributed by atoms with E-state index in [-0.39, 0.29) is 17.3 Å². The van der Waals surface area contributed by atoms with Crippen LogP contribution in [0.3, 0.4) is 0 Å². The highest BCUT2D eigenvalue weighted by Crippen LogP contribution is 2.23. The molecule has 0 aliphatic rings. The van der Waals surface area contributed by atoms with Crippen molar-refractivity contribution in [2.75, 3.05) is 5.32 Å². The lowest BCUT2D eigenvalue weighted by molar-refractivity contribution is 0.102. The van der Waals surface area contributed by atoms with Crippen LogP contribution in [0.2, 0.25) is 0 Å². The molecule has 2 aromatic carbocycles. The topological polar surface area (TPSA) is 101 Å². The Balaban J connectivity index is 1.59. The Bertz CT molecular complexity index is 1360. The van der Waals surface area contributed by atoms with E-state index in [1.54, 1.807) is 42.6 Å². The quantitative estimate of drug-likeness (QED) is 0.514. The lowest BCUT2D eigenvalue weighted by Gasteiger charge is -2.12. The van der Waals surface area contributed by atoms with Gasteiger partial charge in [0.25, 0.3) is 11.5 Å². The smallest absolute Gasteiger partial charge is 0.278 e. The predicted octanol–water partition coefficient (Wildman–Crippen LogP) is 4.15. The standard InChI is InChI=1S/C23H19N5O2S/c1-14(2)28-22(30)19-6-4-3-5-18(19)20(27-28)21(29)26-23-25-13-17(31-23)11-15-7-9-16(12-24)10-8-15/h3-10,13-14H,11H2,1-2H3,(H,25,26,29). The molecule has 0 spiro atoms. The van der Waals surface area contributed by atoms with E-state index in [0.29, 0.717) is 27.9 Å². The number of nitrogens with one attached hydrogen (secondary N) is 1. The van der Waals surface area contributed by atoms with Crippen molar-refractivity contribution in [3.63, 3.8) is 0 Å². The lowest BCUT2D eigenvalue weighted by Crippen LogP contribution is -2.28. The van der Waals surface area contributed by atoms with Gasteiger partial charge in [-0.05, 0) is 37.6 Å². The molecule has 2 aromatic heterocycles. The number of hydrogen-bond acceptors (Lipinski definition) is 6. The van der Waals surface area contributed by atoms with Crippen molar-refractivity contribution < 1.29 is 4.79 Å². The van der Waals surface area contributed by atoms with Crippen LogP contribution in [0.15, 0.2) is 59.5 Å². The average Bonchev–Trinajstić information content (AvgIpc) is 3.21. The van der Waals surface area contributed by atoms with E-state index in [4.69, 9.17) is 5.26 Å². The number of rotatable bonds is 5. The number of aromatic nitrogens is 3. The van der Waals surface area contributed by atoms with Crippen LogP contribution in [0.25, 0.3) is 10.8 Å². The summed E-state index contributed by atoms with van der Waals surface area (Å²) in [6, 6.07) is 16.3.